The number of nitrogens with two attached hydrogens (primary N) is 1. The molecule has 4 N–H and O–H groups in total. The molecule has 116 valence electrons. The highest BCUT2D eigenvalue weighted by Crippen LogP contribution is 2.18. The van der Waals surface area contributed by atoms with Crippen LogP contribution in [-0.2, 0) is 11.2 Å². The molecule has 0 saturated heterocycles. The molecule has 0 aliphatic rings. The van der Waals surface area contributed by atoms with E-state index >= 15 is 0 Å². The number of aryl methyl sites for hydroxylation is 1. The van der Waals surface area contributed by atoms with Gasteiger partial charge in [-0.3, -0.25) is 10.1 Å². The van der Waals surface area contributed by atoms with Crippen LogP contribution in [0.1, 0.15) is 12.1 Å². The summed E-state index contributed by atoms with van der Waals surface area (Å²) in [6, 6.07) is 6.58. The predicted octanol–water partition coefficient (Wildman–Crippen LogP) is 2.21. The SMILES string of the molecule is COc1ccc(NC(=O)Nc2nc(CCC(N)=O)cs2)cc1. The van der Waals surface area contributed by atoms with E-state index in [2.05, 4.69) is 15.6 Å². The van der Waals surface area contributed by atoms with Gasteiger partial charge in [-0.15, -0.1) is 11.3 Å². The number of nitrogens with zero attached hydrogens (tertiary/aromatic N) is 1. The Kier molecular flexibility index (Phi) is 5.31. The van der Waals surface area contributed by atoms with Crippen molar-refractivity contribution in [2.24, 2.45) is 5.73 Å². The van der Waals surface area contributed by atoms with Crippen LogP contribution in [0.15, 0.2) is 29.6 Å². The van der Waals surface area contributed by atoms with E-state index in [0.29, 0.717) is 23.0 Å². The first-order valence-corrected chi connectivity index (χ1v) is 7.39. The highest BCUT2D eigenvalue weighted by Gasteiger charge is 2.08. The van der Waals surface area contributed by atoms with E-state index in [9.17, 15) is 9.59 Å². The Bertz CT molecular complexity index is 654. The highest BCUT2D eigenvalue weighted by atomic mass is 32.1. The first-order chi connectivity index (χ1) is 10.6. The zero-order chi connectivity index (χ0) is 15.9. The Hall–Kier alpha value is -2.61. The summed E-state index contributed by atoms with van der Waals surface area (Å²) in [5.74, 6) is 0.338. The van der Waals surface area contributed by atoms with Crippen molar-refractivity contribution in [1.29, 1.82) is 0 Å². The predicted molar refractivity (Wildman–Crippen MR) is 85.3 cm³/mol. The fraction of sp³-hybridized carbons (Fsp3) is 0.214. The quantitative estimate of drug-likeness (QED) is 0.758. The molecule has 0 unspecified atom stereocenters. The van der Waals surface area contributed by atoms with Gasteiger partial charge in [0, 0.05) is 17.5 Å². The molecule has 0 saturated carbocycles. The highest BCUT2D eigenvalue weighted by molar-refractivity contribution is 7.13. The van der Waals surface area contributed by atoms with Crippen LogP contribution < -0.4 is 21.1 Å². The number of aromatic nitrogens is 1. The largest absolute Gasteiger partial charge is 0.497 e. The maximum atomic E-state index is 11.9. The molecular formula is C14H16N4O3S. The van der Waals surface area contributed by atoms with Crippen molar-refractivity contribution >= 4 is 34.1 Å². The zero-order valence-electron chi connectivity index (χ0n) is 12.0. The molecule has 1 aromatic heterocycles. The monoisotopic (exact) mass is 320 g/mol. The molecule has 0 aliphatic carbocycles. The number of nitrogens with one attached hydrogen (secondary N) is 2. The molecule has 0 radical (unpaired) electrons. The molecule has 8 heteroatoms. The molecule has 22 heavy (non-hydrogen) atoms. The average Bonchev–Trinajstić information content (AvgIpc) is 2.93. The number of hydrogen-bond donors (Lipinski definition) is 3. The fourth-order valence-corrected chi connectivity index (χ4v) is 2.40. The van der Waals surface area contributed by atoms with Crippen molar-refractivity contribution in [3.05, 3.63) is 35.3 Å². The topological polar surface area (TPSA) is 106 Å². The van der Waals surface area contributed by atoms with Crippen LogP contribution in [0.4, 0.5) is 15.6 Å². The number of amides is 3. The van der Waals surface area contributed by atoms with Crippen molar-refractivity contribution in [1.82, 2.24) is 4.98 Å². The molecule has 0 bridgehead atoms. The number of primary amides is 1. The number of hydrogen-bond acceptors (Lipinski definition) is 5. The lowest BCUT2D eigenvalue weighted by Gasteiger charge is -2.06. The third-order valence-corrected chi connectivity index (χ3v) is 3.55. The molecule has 7 nitrogen and oxygen atoms in total. The molecule has 3 amide bonds. The summed E-state index contributed by atoms with van der Waals surface area (Å²) in [7, 11) is 1.58. The first-order valence-electron chi connectivity index (χ1n) is 6.51. The summed E-state index contributed by atoms with van der Waals surface area (Å²) in [5.41, 5.74) is 6.45. The number of thiazole rings is 1. The van der Waals surface area contributed by atoms with Crippen molar-refractivity contribution in [3.8, 4) is 5.75 Å². The molecule has 1 aromatic carbocycles. The molecular weight excluding hydrogens is 304 g/mol. The minimum Gasteiger partial charge on any atom is -0.497 e. The lowest BCUT2D eigenvalue weighted by molar-refractivity contribution is -0.118. The van der Waals surface area contributed by atoms with E-state index < -0.39 is 0 Å². The maximum absolute atomic E-state index is 11.9. The van der Waals surface area contributed by atoms with Gasteiger partial charge in [-0.05, 0) is 30.7 Å². The van der Waals surface area contributed by atoms with Crippen molar-refractivity contribution < 1.29 is 14.3 Å². The normalized spacial score (nSPS) is 10.0. The standard InChI is InChI=1S/C14H16N4O3S/c1-21-11-5-2-9(3-6-11)16-13(20)18-14-17-10(8-22-14)4-7-12(15)19/h2-3,5-6,8H,4,7H2,1H3,(H2,15,19)(H2,16,17,18,20). The van der Waals surface area contributed by atoms with Crippen molar-refractivity contribution in [2.75, 3.05) is 17.7 Å². The third-order valence-electron chi connectivity index (χ3n) is 2.75. The van der Waals surface area contributed by atoms with Crippen LogP contribution in [0.2, 0.25) is 0 Å². The molecule has 0 spiro atoms. The summed E-state index contributed by atoms with van der Waals surface area (Å²) >= 11 is 1.29. The van der Waals surface area contributed by atoms with E-state index in [4.69, 9.17) is 10.5 Å². The number of methoxy groups -OCH3 is 1. The molecule has 1 heterocycles. The van der Waals surface area contributed by atoms with Gasteiger partial charge in [-0.25, -0.2) is 9.78 Å². The maximum Gasteiger partial charge on any atom is 0.325 e. The van der Waals surface area contributed by atoms with Crippen LogP contribution >= 0.6 is 11.3 Å². The number of carbonyl (C=O) groups is 2. The third kappa shape index (κ3) is 4.74. The van der Waals surface area contributed by atoms with E-state index in [-0.39, 0.29) is 18.4 Å². The number of urea groups is 1. The van der Waals surface area contributed by atoms with Crippen LogP contribution in [-0.4, -0.2) is 24.0 Å². The summed E-state index contributed by atoms with van der Waals surface area (Å²) in [6.45, 7) is 0. The summed E-state index contributed by atoms with van der Waals surface area (Å²) in [4.78, 5) is 26.8. The second-order valence-electron chi connectivity index (χ2n) is 4.42. The minimum absolute atomic E-state index is 0.237. The van der Waals surface area contributed by atoms with E-state index in [0.717, 1.165) is 5.69 Å². The van der Waals surface area contributed by atoms with Crippen LogP contribution in [0, 0.1) is 0 Å². The Balaban J connectivity index is 1.87. The number of benzene rings is 1. The molecule has 2 rings (SSSR count). The number of ether oxygens (including phenoxy) is 1. The number of carbonyl (C=O) groups excluding carboxylic acids is 2. The van der Waals surface area contributed by atoms with Crippen molar-refractivity contribution in [2.45, 2.75) is 12.8 Å². The van der Waals surface area contributed by atoms with Gasteiger partial charge in [0.25, 0.3) is 0 Å². The smallest absolute Gasteiger partial charge is 0.325 e. The Labute approximate surface area is 131 Å². The second kappa shape index (κ2) is 7.41. The van der Waals surface area contributed by atoms with E-state index in [1.807, 2.05) is 0 Å². The Morgan fingerprint density at radius 3 is 2.64 bits per heavy atom. The van der Waals surface area contributed by atoms with Crippen LogP contribution in [0.25, 0.3) is 0 Å². The molecule has 0 aliphatic heterocycles. The zero-order valence-corrected chi connectivity index (χ0v) is 12.8. The Morgan fingerprint density at radius 1 is 1.27 bits per heavy atom. The number of rotatable bonds is 6. The van der Waals surface area contributed by atoms with Crippen molar-refractivity contribution in [3.63, 3.8) is 0 Å². The van der Waals surface area contributed by atoms with Gasteiger partial charge < -0.3 is 15.8 Å². The number of anilines is 2. The lowest BCUT2D eigenvalue weighted by atomic mass is 10.2. The van der Waals surface area contributed by atoms with Gasteiger partial charge in [0.05, 0.1) is 12.8 Å². The first kappa shape index (κ1) is 15.8. The second-order valence-corrected chi connectivity index (χ2v) is 5.28. The lowest BCUT2D eigenvalue weighted by Crippen LogP contribution is -2.19. The average molecular weight is 320 g/mol. The fourth-order valence-electron chi connectivity index (χ4n) is 1.66. The summed E-state index contributed by atoms with van der Waals surface area (Å²) in [5, 5.41) is 7.57. The van der Waals surface area contributed by atoms with Gasteiger partial charge >= 0.3 is 6.03 Å². The van der Waals surface area contributed by atoms with Gasteiger partial charge in [0.2, 0.25) is 5.91 Å². The molecule has 2 aromatic rings. The molecule has 0 fully saturated rings. The van der Waals surface area contributed by atoms with E-state index in [1.54, 1.807) is 36.8 Å². The van der Waals surface area contributed by atoms with Gasteiger partial charge in [-0.1, -0.05) is 0 Å². The summed E-state index contributed by atoms with van der Waals surface area (Å²) in [6.07, 6.45) is 0.703. The minimum atomic E-state index is -0.388. The van der Waals surface area contributed by atoms with E-state index in [1.165, 1.54) is 11.3 Å². The van der Waals surface area contributed by atoms with Gasteiger partial charge in [0.15, 0.2) is 5.13 Å². The van der Waals surface area contributed by atoms with Gasteiger partial charge in [0.1, 0.15) is 5.75 Å². The van der Waals surface area contributed by atoms with Crippen LogP contribution in [0.3, 0.4) is 0 Å². The van der Waals surface area contributed by atoms with Crippen LogP contribution in [0.5, 0.6) is 5.75 Å². The molecule has 0 atom stereocenters. The summed E-state index contributed by atoms with van der Waals surface area (Å²) < 4.78 is 5.04. The Morgan fingerprint density at radius 2 is 2.00 bits per heavy atom. The van der Waals surface area contributed by atoms with Gasteiger partial charge in [-0.2, -0.15) is 0 Å².